The van der Waals surface area contributed by atoms with Crippen LogP contribution in [0.1, 0.15) is 10.4 Å². The summed E-state index contributed by atoms with van der Waals surface area (Å²) in [5.41, 5.74) is 0.480. The molecule has 1 N–H and O–H groups in total. The molecule has 0 bridgehead atoms. The molecular weight excluding hydrogens is 261 g/mol. The van der Waals surface area contributed by atoms with Gasteiger partial charge in [0, 0.05) is 10.6 Å². The van der Waals surface area contributed by atoms with Crippen LogP contribution in [-0.4, -0.2) is 15.9 Å². The smallest absolute Gasteiger partial charge is 0.258 e. The maximum absolute atomic E-state index is 11.7. The molecule has 86 valence electrons. The zero-order valence-corrected chi connectivity index (χ0v) is 10.0. The van der Waals surface area contributed by atoms with Gasteiger partial charge in [-0.1, -0.05) is 23.2 Å². The molecule has 0 aliphatic rings. The van der Waals surface area contributed by atoms with E-state index in [4.69, 9.17) is 23.2 Å². The number of aromatic nitrogens is 2. The second-order valence-electron chi connectivity index (χ2n) is 3.19. The van der Waals surface area contributed by atoms with Crippen molar-refractivity contribution in [3.8, 4) is 0 Å². The Morgan fingerprint density at radius 1 is 1.00 bits per heavy atom. The highest BCUT2D eigenvalue weighted by molar-refractivity contribution is 6.30. The van der Waals surface area contributed by atoms with E-state index >= 15 is 0 Å². The Bertz CT molecular complexity index is 525. The van der Waals surface area contributed by atoms with Crippen molar-refractivity contribution in [3.05, 3.63) is 52.3 Å². The van der Waals surface area contributed by atoms with Gasteiger partial charge in [-0.05, 0) is 24.3 Å². The summed E-state index contributed by atoms with van der Waals surface area (Å²) in [5.74, 6) is -0.0988. The molecule has 4 nitrogen and oxygen atoms in total. The van der Waals surface area contributed by atoms with E-state index in [-0.39, 0.29) is 11.9 Å². The minimum atomic E-state index is -0.302. The van der Waals surface area contributed by atoms with Crippen molar-refractivity contribution in [1.29, 1.82) is 0 Å². The van der Waals surface area contributed by atoms with Crippen molar-refractivity contribution in [3.63, 3.8) is 0 Å². The van der Waals surface area contributed by atoms with Crippen molar-refractivity contribution in [2.24, 2.45) is 0 Å². The second kappa shape index (κ2) is 5.12. The number of nitrogens with one attached hydrogen (secondary N) is 1. The Balaban J connectivity index is 2.11. The van der Waals surface area contributed by atoms with Gasteiger partial charge in [0.05, 0.1) is 17.4 Å². The van der Waals surface area contributed by atoms with E-state index in [2.05, 4.69) is 15.3 Å². The Morgan fingerprint density at radius 3 is 2.18 bits per heavy atom. The number of nitrogens with zero attached hydrogens (tertiary/aromatic N) is 2. The predicted octanol–water partition coefficient (Wildman–Crippen LogP) is 3.04. The largest absolute Gasteiger partial charge is 0.290 e. The van der Waals surface area contributed by atoms with Gasteiger partial charge >= 0.3 is 0 Å². The summed E-state index contributed by atoms with van der Waals surface area (Å²) in [5, 5.41) is 3.53. The van der Waals surface area contributed by atoms with Crippen LogP contribution in [0.4, 0.5) is 5.95 Å². The molecule has 1 aromatic carbocycles. The third kappa shape index (κ3) is 3.15. The van der Waals surface area contributed by atoms with Crippen LogP contribution < -0.4 is 5.32 Å². The first-order valence-electron chi connectivity index (χ1n) is 4.69. The van der Waals surface area contributed by atoms with Gasteiger partial charge in [0.15, 0.2) is 0 Å². The quantitative estimate of drug-likeness (QED) is 0.910. The average molecular weight is 268 g/mol. The number of carbonyl (C=O) groups excluding carboxylic acids is 1. The van der Waals surface area contributed by atoms with Crippen LogP contribution in [0.3, 0.4) is 0 Å². The number of amides is 1. The number of benzene rings is 1. The molecular formula is C11H7Cl2N3O. The summed E-state index contributed by atoms with van der Waals surface area (Å²) in [6.07, 6.45) is 2.82. The fraction of sp³-hybridized carbons (Fsp3) is 0. The van der Waals surface area contributed by atoms with Crippen molar-refractivity contribution in [2.45, 2.75) is 0 Å². The molecule has 0 unspecified atom stereocenters. The Morgan fingerprint density at radius 2 is 1.59 bits per heavy atom. The molecule has 1 aromatic heterocycles. The van der Waals surface area contributed by atoms with Gasteiger partial charge in [-0.15, -0.1) is 0 Å². The molecule has 2 rings (SSSR count). The third-order valence-corrected chi connectivity index (χ3v) is 2.40. The van der Waals surface area contributed by atoms with Crippen LogP contribution >= 0.6 is 23.2 Å². The van der Waals surface area contributed by atoms with E-state index in [1.54, 1.807) is 24.3 Å². The normalized spacial score (nSPS) is 10.0. The zero-order valence-electron chi connectivity index (χ0n) is 8.52. The Hall–Kier alpha value is -1.65. The van der Waals surface area contributed by atoms with Crippen LogP contribution in [0.5, 0.6) is 0 Å². The van der Waals surface area contributed by atoms with E-state index in [1.165, 1.54) is 12.4 Å². The first-order chi connectivity index (χ1) is 8.15. The zero-order chi connectivity index (χ0) is 12.3. The Labute approximate surface area is 108 Å². The lowest BCUT2D eigenvalue weighted by atomic mass is 10.2. The SMILES string of the molecule is O=C(Nc1ncc(Cl)cn1)c1ccc(Cl)cc1. The van der Waals surface area contributed by atoms with Crippen LogP contribution in [0.2, 0.25) is 10.0 Å². The first-order valence-corrected chi connectivity index (χ1v) is 5.45. The van der Waals surface area contributed by atoms with E-state index < -0.39 is 0 Å². The van der Waals surface area contributed by atoms with Gasteiger partial charge < -0.3 is 0 Å². The van der Waals surface area contributed by atoms with E-state index in [0.29, 0.717) is 15.6 Å². The van der Waals surface area contributed by atoms with Gasteiger partial charge in [-0.2, -0.15) is 0 Å². The predicted molar refractivity (Wildman–Crippen MR) is 66.4 cm³/mol. The lowest BCUT2D eigenvalue weighted by Crippen LogP contribution is -2.13. The number of halogens is 2. The topological polar surface area (TPSA) is 54.9 Å². The van der Waals surface area contributed by atoms with E-state index in [0.717, 1.165) is 0 Å². The number of hydrogen-bond acceptors (Lipinski definition) is 3. The Kier molecular flexibility index (Phi) is 3.56. The lowest BCUT2D eigenvalue weighted by Gasteiger charge is -2.03. The molecule has 1 heterocycles. The number of hydrogen-bond donors (Lipinski definition) is 1. The highest BCUT2D eigenvalue weighted by Gasteiger charge is 2.07. The summed E-state index contributed by atoms with van der Waals surface area (Å²) in [7, 11) is 0. The number of anilines is 1. The van der Waals surface area contributed by atoms with E-state index in [1.807, 2.05) is 0 Å². The highest BCUT2D eigenvalue weighted by atomic mass is 35.5. The molecule has 0 aliphatic carbocycles. The van der Waals surface area contributed by atoms with Crippen molar-refractivity contribution in [1.82, 2.24) is 9.97 Å². The molecule has 0 saturated heterocycles. The summed E-state index contributed by atoms with van der Waals surface area (Å²) in [4.78, 5) is 19.5. The van der Waals surface area contributed by atoms with Gasteiger partial charge in [-0.25, -0.2) is 9.97 Å². The molecule has 0 spiro atoms. The van der Waals surface area contributed by atoms with Crippen molar-refractivity contribution in [2.75, 3.05) is 5.32 Å². The standard InChI is InChI=1S/C11H7Cl2N3O/c12-8-3-1-7(2-4-8)10(17)16-11-14-5-9(13)6-15-11/h1-6H,(H,14,15,16,17). The highest BCUT2D eigenvalue weighted by Crippen LogP contribution is 2.11. The molecule has 0 aliphatic heterocycles. The molecule has 6 heteroatoms. The van der Waals surface area contributed by atoms with Crippen LogP contribution in [0.25, 0.3) is 0 Å². The molecule has 17 heavy (non-hydrogen) atoms. The third-order valence-electron chi connectivity index (χ3n) is 1.95. The second-order valence-corrected chi connectivity index (χ2v) is 4.06. The molecule has 0 saturated carbocycles. The number of carbonyl (C=O) groups is 1. The fourth-order valence-electron chi connectivity index (χ4n) is 1.15. The van der Waals surface area contributed by atoms with E-state index in [9.17, 15) is 4.79 Å². The molecule has 2 aromatic rings. The van der Waals surface area contributed by atoms with Crippen LogP contribution in [0.15, 0.2) is 36.7 Å². The summed E-state index contributed by atoms with van der Waals surface area (Å²) in [6.45, 7) is 0. The van der Waals surface area contributed by atoms with Gasteiger partial charge in [0.1, 0.15) is 0 Å². The molecule has 0 radical (unpaired) electrons. The lowest BCUT2D eigenvalue weighted by molar-refractivity contribution is 0.102. The fourth-order valence-corrected chi connectivity index (χ4v) is 1.38. The maximum atomic E-state index is 11.7. The monoisotopic (exact) mass is 267 g/mol. The molecule has 0 atom stereocenters. The number of rotatable bonds is 2. The van der Waals surface area contributed by atoms with Crippen molar-refractivity contribution < 1.29 is 4.79 Å². The summed E-state index contributed by atoms with van der Waals surface area (Å²) >= 11 is 11.4. The van der Waals surface area contributed by atoms with Crippen molar-refractivity contribution >= 4 is 35.1 Å². The van der Waals surface area contributed by atoms with Crippen LogP contribution in [0, 0.1) is 0 Å². The first kappa shape index (κ1) is 11.8. The summed E-state index contributed by atoms with van der Waals surface area (Å²) < 4.78 is 0. The minimum Gasteiger partial charge on any atom is -0.290 e. The molecule has 0 fully saturated rings. The molecule has 1 amide bonds. The minimum absolute atomic E-state index is 0.203. The van der Waals surface area contributed by atoms with Crippen LogP contribution in [-0.2, 0) is 0 Å². The van der Waals surface area contributed by atoms with Gasteiger partial charge in [-0.3, -0.25) is 10.1 Å². The van der Waals surface area contributed by atoms with Gasteiger partial charge in [0.25, 0.3) is 5.91 Å². The van der Waals surface area contributed by atoms with Gasteiger partial charge in [0.2, 0.25) is 5.95 Å². The average Bonchev–Trinajstić information content (AvgIpc) is 2.33. The maximum Gasteiger partial charge on any atom is 0.258 e. The summed E-state index contributed by atoms with van der Waals surface area (Å²) in [6, 6.07) is 6.51.